The number of aromatic nitrogens is 2. The zero-order valence-corrected chi connectivity index (χ0v) is 9.93. The maximum atomic E-state index is 4.01. The summed E-state index contributed by atoms with van der Waals surface area (Å²) in [6, 6.07) is 16.4. The largest absolute Gasteiger partial charge is 0.272 e. The van der Waals surface area contributed by atoms with Crippen molar-refractivity contribution in [2.75, 3.05) is 5.32 Å². The van der Waals surface area contributed by atoms with Gasteiger partial charge in [0.15, 0.2) is 0 Å². The molecule has 0 saturated heterocycles. The number of fused-ring (bicyclic) bond motifs is 1. The van der Waals surface area contributed by atoms with Crippen LogP contribution in [0.2, 0.25) is 0 Å². The van der Waals surface area contributed by atoms with Gasteiger partial charge < -0.3 is 0 Å². The van der Waals surface area contributed by atoms with Crippen LogP contribution in [0.15, 0.2) is 60.9 Å². The summed E-state index contributed by atoms with van der Waals surface area (Å²) < 4.78 is 0. The van der Waals surface area contributed by atoms with Gasteiger partial charge in [0, 0.05) is 23.8 Å². The Morgan fingerprint density at radius 1 is 0.944 bits per heavy atom. The lowest BCUT2D eigenvalue weighted by atomic mass is 10.2. The zero-order chi connectivity index (χ0) is 12.2. The van der Waals surface area contributed by atoms with Crippen molar-refractivity contribution >= 4 is 16.7 Å². The van der Waals surface area contributed by atoms with Gasteiger partial charge in [0.1, 0.15) is 12.1 Å². The van der Waals surface area contributed by atoms with Gasteiger partial charge in [-0.1, -0.05) is 18.2 Å². The van der Waals surface area contributed by atoms with Gasteiger partial charge in [0.25, 0.3) is 5.82 Å². The lowest BCUT2D eigenvalue weighted by Gasteiger charge is -2.00. The first-order chi connectivity index (χ1) is 8.92. The Bertz CT molecular complexity index is 650. The number of hydrogen-bond donors (Lipinski definition) is 1. The summed E-state index contributed by atoms with van der Waals surface area (Å²) in [5, 5.41) is 4.58. The molecule has 2 N–H and O–H groups in total. The van der Waals surface area contributed by atoms with Crippen LogP contribution in [0.1, 0.15) is 5.56 Å². The highest BCUT2D eigenvalue weighted by molar-refractivity contribution is 5.75. The van der Waals surface area contributed by atoms with E-state index in [1.165, 1.54) is 10.9 Å². The molecule has 0 radical (unpaired) electrons. The van der Waals surface area contributed by atoms with E-state index in [0.717, 1.165) is 17.9 Å². The van der Waals surface area contributed by atoms with Crippen LogP contribution in [0.25, 0.3) is 10.9 Å². The summed E-state index contributed by atoms with van der Waals surface area (Å²) in [5.74, 6) is 1.02. The smallest absolute Gasteiger partial charge is 0.270 e. The molecule has 0 aliphatic rings. The van der Waals surface area contributed by atoms with Gasteiger partial charge in [-0.15, -0.1) is 0 Å². The highest BCUT2D eigenvalue weighted by Crippen LogP contribution is 2.10. The molecule has 0 atom stereocenters. The van der Waals surface area contributed by atoms with Crippen molar-refractivity contribution in [1.82, 2.24) is 4.98 Å². The van der Waals surface area contributed by atoms with E-state index in [9.17, 15) is 0 Å². The molecule has 1 aromatic carbocycles. The number of H-pyrrole nitrogens is 1. The number of benzene rings is 1. The molecule has 18 heavy (non-hydrogen) atoms. The third-order valence-electron chi connectivity index (χ3n) is 2.89. The van der Waals surface area contributed by atoms with E-state index in [1.54, 1.807) is 12.4 Å². The predicted molar refractivity (Wildman–Crippen MR) is 72.1 cm³/mol. The number of hydrogen-bond acceptors (Lipinski definition) is 2. The third kappa shape index (κ3) is 2.30. The summed E-state index contributed by atoms with van der Waals surface area (Å²) in [7, 11) is 0. The van der Waals surface area contributed by atoms with Crippen molar-refractivity contribution in [2.24, 2.45) is 0 Å². The van der Waals surface area contributed by atoms with Crippen LogP contribution in [-0.4, -0.2) is 4.98 Å². The number of anilines is 1. The summed E-state index contributed by atoms with van der Waals surface area (Å²) in [6.45, 7) is 0.789. The van der Waals surface area contributed by atoms with E-state index in [1.807, 2.05) is 24.3 Å². The molecular weight excluding hydrogens is 222 g/mol. The van der Waals surface area contributed by atoms with E-state index in [4.69, 9.17) is 0 Å². The Kier molecular flexibility index (Phi) is 2.88. The highest BCUT2D eigenvalue weighted by Gasteiger charge is 2.03. The molecule has 0 aliphatic carbocycles. The topological polar surface area (TPSA) is 39.1 Å². The molecule has 0 bridgehead atoms. The molecule has 3 rings (SSSR count). The molecule has 0 amide bonds. The summed E-state index contributed by atoms with van der Waals surface area (Å²) >= 11 is 0. The fourth-order valence-corrected chi connectivity index (χ4v) is 1.92. The second-order valence-corrected chi connectivity index (χ2v) is 4.17. The first kappa shape index (κ1) is 10.7. The molecule has 0 saturated carbocycles. The number of nitrogens with one attached hydrogen (secondary N) is 2. The van der Waals surface area contributed by atoms with Crippen LogP contribution in [-0.2, 0) is 6.54 Å². The van der Waals surface area contributed by atoms with Crippen LogP contribution in [0.5, 0.6) is 0 Å². The number of rotatable bonds is 3. The Hall–Kier alpha value is -2.42. The number of pyridine rings is 2. The summed E-state index contributed by atoms with van der Waals surface area (Å²) in [5.41, 5.74) is 2.35. The molecule has 3 nitrogen and oxygen atoms in total. The average Bonchev–Trinajstić information content (AvgIpc) is 2.46. The molecule has 88 valence electrons. The van der Waals surface area contributed by atoms with Crippen molar-refractivity contribution < 1.29 is 4.98 Å². The SMILES string of the molecule is c1ccc2[nH+]c(NCc3ccncc3)ccc2c1. The minimum atomic E-state index is 0.789. The maximum Gasteiger partial charge on any atom is 0.272 e. The van der Waals surface area contributed by atoms with Crippen LogP contribution < -0.4 is 10.3 Å². The van der Waals surface area contributed by atoms with Crippen LogP contribution in [0.4, 0.5) is 5.82 Å². The first-order valence-corrected chi connectivity index (χ1v) is 5.96. The van der Waals surface area contributed by atoms with Gasteiger partial charge in [-0.3, -0.25) is 10.3 Å². The molecule has 2 aromatic heterocycles. The molecule has 3 heteroatoms. The lowest BCUT2D eigenvalue weighted by molar-refractivity contribution is -0.327. The second-order valence-electron chi connectivity index (χ2n) is 4.17. The fourth-order valence-electron chi connectivity index (χ4n) is 1.92. The highest BCUT2D eigenvalue weighted by atomic mass is 15.0. The van der Waals surface area contributed by atoms with Crippen LogP contribution in [0.3, 0.4) is 0 Å². The summed E-state index contributed by atoms with van der Waals surface area (Å²) in [6.07, 6.45) is 3.61. The number of para-hydroxylation sites is 1. The Balaban J connectivity index is 1.79. The van der Waals surface area contributed by atoms with Gasteiger partial charge in [-0.25, -0.2) is 4.98 Å². The zero-order valence-electron chi connectivity index (χ0n) is 9.93. The van der Waals surface area contributed by atoms with E-state index in [0.29, 0.717) is 0 Å². The Morgan fingerprint density at radius 3 is 2.67 bits per heavy atom. The minimum absolute atomic E-state index is 0.789. The van der Waals surface area contributed by atoms with Gasteiger partial charge in [-0.05, 0) is 29.8 Å². The second kappa shape index (κ2) is 4.84. The van der Waals surface area contributed by atoms with Crippen molar-refractivity contribution in [3.8, 4) is 0 Å². The normalized spacial score (nSPS) is 10.4. The third-order valence-corrected chi connectivity index (χ3v) is 2.89. The first-order valence-electron chi connectivity index (χ1n) is 5.96. The quantitative estimate of drug-likeness (QED) is 0.759. The van der Waals surface area contributed by atoms with Crippen molar-refractivity contribution in [3.05, 3.63) is 66.5 Å². The van der Waals surface area contributed by atoms with Crippen molar-refractivity contribution in [2.45, 2.75) is 6.54 Å². The molecule has 0 unspecified atom stereocenters. The lowest BCUT2D eigenvalue weighted by Crippen LogP contribution is -2.13. The molecule has 0 spiro atoms. The minimum Gasteiger partial charge on any atom is -0.270 e. The van der Waals surface area contributed by atoms with Crippen molar-refractivity contribution in [3.63, 3.8) is 0 Å². The van der Waals surface area contributed by atoms with Gasteiger partial charge in [0.2, 0.25) is 0 Å². The van der Waals surface area contributed by atoms with E-state index < -0.39 is 0 Å². The van der Waals surface area contributed by atoms with Gasteiger partial charge >= 0.3 is 0 Å². The molecular formula is C15H14N3+. The maximum absolute atomic E-state index is 4.01. The van der Waals surface area contributed by atoms with Crippen molar-refractivity contribution in [1.29, 1.82) is 0 Å². The van der Waals surface area contributed by atoms with Gasteiger partial charge in [0.05, 0.1) is 0 Å². The standard InChI is InChI=1S/C15H13N3/c1-2-4-14-13(3-1)5-6-15(18-14)17-11-12-7-9-16-10-8-12/h1-10H,11H2,(H,17,18)/p+1. The van der Waals surface area contributed by atoms with E-state index in [-0.39, 0.29) is 0 Å². The average molecular weight is 236 g/mol. The monoisotopic (exact) mass is 236 g/mol. The molecule has 0 fully saturated rings. The number of nitrogens with zero attached hydrogens (tertiary/aromatic N) is 1. The van der Waals surface area contributed by atoms with E-state index in [2.05, 4.69) is 39.6 Å². The van der Waals surface area contributed by atoms with E-state index >= 15 is 0 Å². The molecule has 2 heterocycles. The predicted octanol–water partition coefficient (Wildman–Crippen LogP) is 2.66. The van der Waals surface area contributed by atoms with Crippen LogP contribution in [0, 0.1) is 0 Å². The Morgan fingerprint density at radius 2 is 1.78 bits per heavy atom. The molecule has 3 aromatic rings. The summed E-state index contributed by atoms with van der Waals surface area (Å²) in [4.78, 5) is 7.38. The van der Waals surface area contributed by atoms with Gasteiger partial charge in [-0.2, -0.15) is 0 Å². The fraction of sp³-hybridized carbons (Fsp3) is 0.0667. The number of aromatic amines is 1. The molecule has 0 aliphatic heterocycles. The Labute approximate surface area is 106 Å². The van der Waals surface area contributed by atoms with Crippen LogP contribution >= 0.6 is 0 Å².